The van der Waals surface area contributed by atoms with Crippen LogP contribution in [0.1, 0.15) is 47.3 Å². The number of likely N-dealkylation sites (tertiary alicyclic amines) is 1. The van der Waals surface area contributed by atoms with Crippen molar-refractivity contribution in [1.29, 1.82) is 0 Å². The van der Waals surface area contributed by atoms with Crippen LogP contribution in [0, 0.1) is 0 Å². The maximum atomic E-state index is 13.7. The second-order valence-corrected chi connectivity index (χ2v) is 12.1. The van der Waals surface area contributed by atoms with Crippen molar-refractivity contribution in [3.63, 3.8) is 0 Å². The number of amides is 3. The van der Waals surface area contributed by atoms with Crippen LogP contribution in [0.5, 0.6) is 11.6 Å². The molecule has 3 heterocycles. The predicted octanol–water partition coefficient (Wildman–Crippen LogP) is 7.09. The van der Waals surface area contributed by atoms with Gasteiger partial charge in [0, 0.05) is 56.6 Å². The van der Waals surface area contributed by atoms with Crippen LogP contribution in [0.25, 0.3) is 0 Å². The summed E-state index contributed by atoms with van der Waals surface area (Å²) in [5.41, 5.74) is 2.65. The molecule has 0 unspecified atom stereocenters. The highest BCUT2D eigenvalue weighted by molar-refractivity contribution is 6.04. The van der Waals surface area contributed by atoms with Gasteiger partial charge in [-0.2, -0.15) is 13.2 Å². The highest BCUT2D eigenvalue weighted by Crippen LogP contribution is 2.33. The minimum absolute atomic E-state index is 0.0325. The van der Waals surface area contributed by atoms with E-state index in [2.05, 4.69) is 37.6 Å². The van der Waals surface area contributed by atoms with E-state index in [1.807, 2.05) is 59.5 Å². The molecule has 13 heteroatoms. The lowest BCUT2D eigenvalue weighted by atomic mass is 9.89. The van der Waals surface area contributed by atoms with Gasteiger partial charge in [0.25, 0.3) is 5.91 Å². The molecule has 0 aliphatic carbocycles. The fourth-order valence-corrected chi connectivity index (χ4v) is 6.21. The Kier molecular flexibility index (Phi) is 10.3. The number of ether oxygens (including phenoxy) is 1. The number of para-hydroxylation sites is 1. The molecular formula is C36H38F3N7O3. The first kappa shape index (κ1) is 33.7. The van der Waals surface area contributed by atoms with Crippen molar-refractivity contribution in [3.8, 4) is 11.6 Å². The SMILES string of the molecule is CCN1CCN(c2ccc(C(=O)N3CCC(c4ccc(Oc5ccc(C(F)(F)F)nn5)cc4)CC3)cc2NC(=O)Nc2ccccc2)CC1. The normalized spacial score (nSPS) is 15.9. The molecule has 6 rings (SSSR count). The van der Waals surface area contributed by atoms with E-state index in [4.69, 9.17) is 4.74 Å². The summed E-state index contributed by atoms with van der Waals surface area (Å²) in [6.07, 6.45) is -3.04. The van der Waals surface area contributed by atoms with Crippen LogP contribution in [-0.2, 0) is 6.18 Å². The van der Waals surface area contributed by atoms with Gasteiger partial charge in [-0.1, -0.05) is 37.3 Å². The van der Waals surface area contributed by atoms with Gasteiger partial charge in [0.1, 0.15) is 5.75 Å². The number of hydrogen-bond donors (Lipinski definition) is 2. The lowest BCUT2D eigenvalue weighted by Crippen LogP contribution is -2.46. The van der Waals surface area contributed by atoms with E-state index >= 15 is 0 Å². The average Bonchev–Trinajstić information content (AvgIpc) is 3.12. The largest absolute Gasteiger partial charge is 0.438 e. The second kappa shape index (κ2) is 14.9. The van der Waals surface area contributed by atoms with Crippen molar-refractivity contribution in [2.24, 2.45) is 0 Å². The summed E-state index contributed by atoms with van der Waals surface area (Å²) in [4.78, 5) is 33.2. The molecule has 0 spiro atoms. The molecule has 3 aromatic carbocycles. The average molecular weight is 674 g/mol. The first-order chi connectivity index (χ1) is 23.7. The number of nitrogens with one attached hydrogen (secondary N) is 2. The zero-order valence-corrected chi connectivity index (χ0v) is 27.1. The van der Waals surface area contributed by atoms with Crippen molar-refractivity contribution in [2.75, 3.05) is 61.3 Å². The molecule has 2 fully saturated rings. The van der Waals surface area contributed by atoms with E-state index in [0.29, 0.717) is 35.8 Å². The third-order valence-corrected chi connectivity index (χ3v) is 8.97. The fraction of sp³-hybridized carbons (Fsp3) is 0.333. The number of carbonyl (C=O) groups is 2. The first-order valence-corrected chi connectivity index (χ1v) is 16.4. The molecule has 2 aliphatic heterocycles. The number of hydrogen-bond acceptors (Lipinski definition) is 7. The molecule has 0 radical (unpaired) electrons. The first-order valence-electron chi connectivity index (χ1n) is 16.4. The lowest BCUT2D eigenvalue weighted by molar-refractivity contribution is -0.141. The van der Waals surface area contributed by atoms with Gasteiger partial charge in [-0.05, 0) is 79.4 Å². The summed E-state index contributed by atoms with van der Waals surface area (Å²) in [7, 11) is 0. The van der Waals surface area contributed by atoms with Crippen molar-refractivity contribution >= 4 is 29.0 Å². The molecule has 2 saturated heterocycles. The molecule has 0 atom stereocenters. The van der Waals surface area contributed by atoms with Gasteiger partial charge in [0.05, 0.1) is 11.4 Å². The number of benzene rings is 3. The van der Waals surface area contributed by atoms with Crippen LogP contribution in [0.2, 0.25) is 0 Å². The van der Waals surface area contributed by atoms with Gasteiger partial charge in [0.2, 0.25) is 5.88 Å². The Morgan fingerprint density at radius 3 is 2.18 bits per heavy atom. The van der Waals surface area contributed by atoms with E-state index < -0.39 is 11.9 Å². The third kappa shape index (κ3) is 8.47. The number of piperidine rings is 1. The molecule has 0 bridgehead atoms. The van der Waals surface area contributed by atoms with E-state index in [1.54, 1.807) is 18.2 Å². The highest BCUT2D eigenvalue weighted by atomic mass is 19.4. The maximum Gasteiger partial charge on any atom is 0.435 e. The Morgan fingerprint density at radius 1 is 0.837 bits per heavy atom. The van der Waals surface area contributed by atoms with Crippen LogP contribution in [0.15, 0.2) is 84.9 Å². The molecule has 256 valence electrons. The quantitative estimate of drug-likeness (QED) is 0.206. The molecule has 4 aromatic rings. The Bertz CT molecular complexity index is 1720. The molecular weight excluding hydrogens is 635 g/mol. The summed E-state index contributed by atoms with van der Waals surface area (Å²) >= 11 is 0. The topological polar surface area (TPSA) is 103 Å². The maximum absolute atomic E-state index is 13.7. The van der Waals surface area contributed by atoms with Gasteiger partial charge < -0.3 is 30.1 Å². The fourth-order valence-electron chi connectivity index (χ4n) is 6.21. The number of nitrogens with zero attached hydrogens (tertiary/aromatic N) is 5. The number of aromatic nitrogens is 2. The Balaban J connectivity index is 1.09. The molecule has 2 aliphatic rings. The molecule has 3 amide bonds. The van der Waals surface area contributed by atoms with E-state index in [1.165, 1.54) is 0 Å². The number of urea groups is 1. The van der Waals surface area contributed by atoms with Crippen molar-refractivity contribution < 1.29 is 27.5 Å². The van der Waals surface area contributed by atoms with E-state index in [9.17, 15) is 22.8 Å². The van der Waals surface area contributed by atoms with Crippen molar-refractivity contribution in [2.45, 2.75) is 31.9 Å². The highest BCUT2D eigenvalue weighted by Gasteiger charge is 2.33. The standard InChI is InChI=1S/C36H38F3N7O3/c1-2-44-20-22-45(23-21-44)31-13-10-27(24-30(31)41-35(48)40-28-6-4-3-5-7-28)34(47)46-18-16-26(17-19-46)25-8-11-29(12-9-25)49-33-15-14-32(42-43-33)36(37,38)39/h3-15,24,26H,2,16-23H2,1H3,(H2,40,41,48). The van der Waals surface area contributed by atoms with Crippen LogP contribution in [0.4, 0.5) is 35.0 Å². The molecule has 0 saturated carbocycles. The minimum Gasteiger partial charge on any atom is -0.438 e. The number of anilines is 3. The Labute approximate surface area is 282 Å². The molecule has 49 heavy (non-hydrogen) atoms. The van der Waals surface area contributed by atoms with E-state index in [-0.39, 0.29) is 23.7 Å². The van der Waals surface area contributed by atoms with Crippen LogP contribution < -0.4 is 20.3 Å². The third-order valence-electron chi connectivity index (χ3n) is 8.97. The zero-order valence-electron chi connectivity index (χ0n) is 27.1. The molecule has 2 N–H and O–H groups in total. The van der Waals surface area contributed by atoms with Crippen molar-refractivity contribution in [1.82, 2.24) is 20.0 Å². The number of piperazine rings is 1. The van der Waals surface area contributed by atoms with Gasteiger partial charge in [-0.15, -0.1) is 10.2 Å². The van der Waals surface area contributed by atoms with Crippen LogP contribution >= 0.6 is 0 Å². The van der Waals surface area contributed by atoms with Gasteiger partial charge >= 0.3 is 12.2 Å². The number of halogens is 3. The predicted molar refractivity (Wildman–Crippen MR) is 181 cm³/mol. The van der Waals surface area contributed by atoms with E-state index in [0.717, 1.165) is 68.9 Å². The number of likely N-dealkylation sites (N-methyl/N-ethyl adjacent to an activating group) is 1. The number of rotatable bonds is 8. The second-order valence-electron chi connectivity index (χ2n) is 12.1. The summed E-state index contributed by atoms with van der Waals surface area (Å²) in [5, 5.41) is 12.6. The molecule has 10 nitrogen and oxygen atoms in total. The van der Waals surface area contributed by atoms with Gasteiger partial charge in [-0.25, -0.2) is 4.79 Å². The van der Waals surface area contributed by atoms with Gasteiger partial charge in [-0.3, -0.25) is 4.79 Å². The summed E-state index contributed by atoms with van der Waals surface area (Å²) in [5.74, 6) is 0.540. The zero-order chi connectivity index (χ0) is 34.4. The summed E-state index contributed by atoms with van der Waals surface area (Å²) in [6, 6.07) is 23.7. The van der Waals surface area contributed by atoms with Crippen LogP contribution in [0.3, 0.4) is 0 Å². The minimum atomic E-state index is -4.57. The molecule has 1 aromatic heterocycles. The number of carbonyl (C=O) groups excluding carboxylic acids is 2. The Morgan fingerprint density at radius 2 is 1.55 bits per heavy atom. The monoisotopic (exact) mass is 673 g/mol. The van der Waals surface area contributed by atoms with Crippen molar-refractivity contribution in [3.05, 3.63) is 102 Å². The van der Waals surface area contributed by atoms with Gasteiger partial charge in [0.15, 0.2) is 5.69 Å². The van der Waals surface area contributed by atoms with Crippen LogP contribution in [-0.4, -0.2) is 77.7 Å². The smallest absolute Gasteiger partial charge is 0.435 e. The Hall–Kier alpha value is -5.17. The number of alkyl halides is 3. The lowest BCUT2D eigenvalue weighted by Gasteiger charge is -2.36. The summed E-state index contributed by atoms with van der Waals surface area (Å²) in [6.45, 7) is 7.76. The summed E-state index contributed by atoms with van der Waals surface area (Å²) < 4.78 is 43.8.